The fraction of sp³-hybridized carbons (Fsp3) is 0. The molecule has 0 bridgehead atoms. The zero-order chi connectivity index (χ0) is 15.0. The Hall–Kier alpha value is -2.51. The lowest BCUT2D eigenvalue weighted by Crippen LogP contribution is -2.07. The lowest BCUT2D eigenvalue weighted by atomic mass is 10.2. The number of nitrogens with one attached hydrogen (secondary N) is 1. The summed E-state index contributed by atoms with van der Waals surface area (Å²) in [5.41, 5.74) is 10.1. The van der Waals surface area contributed by atoms with E-state index < -0.39 is 34.8 Å². The van der Waals surface area contributed by atoms with Crippen LogP contribution in [0.15, 0.2) is 18.2 Å². The van der Waals surface area contributed by atoms with Crippen molar-refractivity contribution in [3.05, 3.63) is 47.3 Å². The van der Waals surface area contributed by atoms with Crippen molar-refractivity contribution in [2.45, 2.75) is 0 Å². The lowest BCUT2D eigenvalue weighted by Gasteiger charge is -2.11. The summed E-state index contributed by atoms with van der Waals surface area (Å²) in [5, 5.41) is 2.09. The van der Waals surface area contributed by atoms with Gasteiger partial charge in [0.25, 0.3) is 0 Å². The van der Waals surface area contributed by atoms with Gasteiger partial charge in [-0.3, -0.25) is 0 Å². The normalized spacial score (nSPS) is 10.7. The van der Waals surface area contributed by atoms with Gasteiger partial charge in [-0.25, -0.2) is 22.0 Å². The molecule has 0 saturated heterocycles. The van der Waals surface area contributed by atoms with Crippen LogP contribution in [-0.2, 0) is 0 Å². The van der Waals surface area contributed by atoms with Crippen LogP contribution in [0.3, 0.4) is 0 Å². The highest BCUT2D eigenvalue weighted by molar-refractivity contribution is 5.72. The number of nitrogen functional groups attached to an aromatic ring is 2. The molecule has 3 nitrogen and oxygen atoms in total. The van der Waals surface area contributed by atoms with Crippen LogP contribution in [0.2, 0.25) is 0 Å². The predicted molar refractivity (Wildman–Crippen MR) is 64.8 cm³/mol. The van der Waals surface area contributed by atoms with Crippen LogP contribution in [0.5, 0.6) is 0 Å². The topological polar surface area (TPSA) is 64.1 Å². The van der Waals surface area contributed by atoms with Gasteiger partial charge in [0.15, 0.2) is 23.3 Å². The van der Waals surface area contributed by atoms with Gasteiger partial charge < -0.3 is 16.8 Å². The molecular formula is C12H8F5N3. The fourth-order valence-electron chi connectivity index (χ4n) is 1.51. The average Bonchev–Trinajstić information content (AvgIpc) is 2.43. The molecule has 2 aromatic rings. The molecule has 20 heavy (non-hydrogen) atoms. The Morgan fingerprint density at radius 2 is 1.20 bits per heavy atom. The van der Waals surface area contributed by atoms with Crippen molar-refractivity contribution in [2.24, 2.45) is 0 Å². The molecule has 0 aliphatic heterocycles. The van der Waals surface area contributed by atoms with Crippen LogP contribution in [0.25, 0.3) is 0 Å². The van der Waals surface area contributed by atoms with E-state index in [2.05, 4.69) is 5.32 Å². The predicted octanol–water partition coefficient (Wildman–Crippen LogP) is 3.29. The van der Waals surface area contributed by atoms with Gasteiger partial charge in [0, 0.05) is 5.69 Å². The molecule has 5 N–H and O–H groups in total. The van der Waals surface area contributed by atoms with Crippen molar-refractivity contribution in [3.63, 3.8) is 0 Å². The summed E-state index contributed by atoms with van der Waals surface area (Å²) in [6.07, 6.45) is 0. The second kappa shape index (κ2) is 4.87. The Kier molecular flexibility index (Phi) is 3.39. The lowest BCUT2D eigenvalue weighted by molar-refractivity contribution is 0.382. The third-order valence-corrected chi connectivity index (χ3v) is 2.57. The van der Waals surface area contributed by atoms with E-state index in [-0.39, 0.29) is 17.1 Å². The summed E-state index contributed by atoms with van der Waals surface area (Å²) in [6.45, 7) is 0. The summed E-state index contributed by atoms with van der Waals surface area (Å²) in [5.74, 6) is -10.2. The Balaban J connectivity index is 2.51. The van der Waals surface area contributed by atoms with E-state index in [1.165, 1.54) is 18.2 Å². The third kappa shape index (κ3) is 2.20. The van der Waals surface area contributed by atoms with Gasteiger partial charge >= 0.3 is 0 Å². The smallest absolute Gasteiger partial charge is 0.200 e. The molecule has 0 spiro atoms. The molecule has 0 aromatic heterocycles. The van der Waals surface area contributed by atoms with E-state index in [0.717, 1.165) is 0 Å². The highest BCUT2D eigenvalue weighted by atomic mass is 19.2. The molecule has 0 aliphatic carbocycles. The average molecular weight is 289 g/mol. The number of nitrogens with two attached hydrogens (primary N) is 2. The van der Waals surface area contributed by atoms with E-state index in [4.69, 9.17) is 11.5 Å². The van der Waals surface area contributed by atoms with Gasteiger partial charge in [-0.05, 0) is 18.2 Å². The van der Waals surface area contributed by atoms with Gasteiger partial charge in [0.2, 0.25) is 5.82 Å². The van der Waals surface area contributed by atoms with Gasteiger partial charge in [-0.2, -0.15) is 0 Å². The molecule has 0 fully saturated rings. The molecule has 0 amide bonds. The van der Waals surface area contributed by atoms with E-state index in [9.17, 15) is 22.0 Å². The summed E-state index contributed by atoms with van der Waals surface area (Å²) in [7, 11) is 0. The minimum Gasteiger partial charge on any atom is -0.397 e. The maximum atomic E-state index is 13.4. The Morgan fingerprint density at radius 3 is 1.70 bits per heavy atom. The number of hydrogen-bond donors (Lipinski definition) is 3. The standard InChI is InChI=1S/C12H8F5N3/c13-7-8(14)10(16)12(11(17)9(7)15)20-4-1-2-5(18)6(19)3-4/h1-3,20H,18-19H2. The van der Waals surface area contributed by atoms with Crippen LogP contribution in [0.4, 0.5) is 44.7 Å². The van der Waals surface area contributed by atoms with Crippen molar-refractivity contribution in [1.29, 1.82) is 0 Å². The van der Waals surface area contributed by atoms with E-state index in [1.54, 1.807) is 0 Å². The molecule has 0 saturated carbocycles. The Bertz CT molecular complexity index is 658. The molecule has 0 radical (unpaired) electrons. The molecular weight excluding hydrogens is 281 g/mol. The van der Waals surface area contributed by atoms with Crippen LogP contribution in [0, 0.1) is 29.1 Å². The number of rotatable bonds is 2. The highest BCUT2D eigenvalue weighted by Gasteiger charge is 2.25. The van der Waals surface area contributed by atoms with Crippen molar-refractivity contribution in [2.75, 3.05) is 16.8 Å². The van der Waals surface area contributed by atoms with Gasteiger partial charge in [0.05, 0.1) is 11.4 Å². The maximum Gasteiger partial charge on any atom is 0.200 e. The van der Waals surface area contributed by atoms with Gasteiger partial charge in [-0.15, -0.1) is 0 Å². The largest absolute Gasteiger partial charge is 0.397 e. The highest BCUT2D eigenvalue weighted by Crippen LogP contribution is 2.30. The SMILES string of the molecule is Nc1ccc(Nc2c(F)c(F)c(F)c(F)c2F)cc1N. The van der Waals surface area contributed by atoms with E-state index >= 15 is 0 Å². The molecule has 106 valence electrons. The number of benzene rings is 2. The Morgan fingerprint density at radius 1 is 0.700 bits per heavy atom. The summed E-state index contributed by atoms with van der Waals surface area (Å²) in [6, 6.07) is 3.81. The first kappa shape index (κ1) is 13.9. The first-order valence-corrected chi connectivity index (χ1v) is 5.26. The van der Waals surface area contributed by atoms with E-state index in [0.29, 0.717) is 0 Å². The van der Waals surface area contributed by atoms with Crippen molar-refractivity contribution >= 4 is 22.7 Å². The first-order chi connectivity index (χ1) is 9.32. The molecule has 0 atom stereocenters. The second-order valence-corrected chi connectivity index (χ2v) is 3.91. The summed E-state index contributed by atoms with van der Waals surface area (Å²) in [4.78, 5) is 0. The molecule has 0 aliphatic rings. The quantitative estimate of drug-likeness (QED) is 0.344. The van der Waals surface area contributed by atoms with Gasteiger partial charge in [-0.1, -0.05) is 0 Å². The maximum absolute atomic E-state index is 13.4. The van der Waals surface area contributed by atoms with Crippen LogP contribution in [0.1, 0.15) is 0 Å². The van der Waals surface area contributed by atoms with E-state index in [1.807, 2.05) is 0 Å². The fourth-order valence-corrected chi connectivity index (χ4v) is 1.51. The van der Waals surface area contributed by atoms with Crippen LogP contribution < -0.4 is 16.8 Å². The van der Waals surface area contributed by atoms with Gasteiger partial charge in [0.1, 0.15) is 5.69 Å². The van der Waals surface area contributed by atoms with Crippen LogP contribution in [-0.4, -0.2) is 0 Å². The summed E-state index contributed by atoms with van der Waals surface area (Å²) >= 11 is 0. The zero-order valence-corrected chi connectivity index (χ0v) is 9.78. The number of halogens is 5. The van der Waals surface area contributed by atoms with Crippen molar-refractivity contribution < 1.29 is 22.0 Å². The Labute approximate surface area is 110 Å². The minimum atomic E-state index is -2.22. The molecule has 2 aromatic carbocycles. The minimum absolute atomic E-state index is 0.0277. The first-order valence-electron chi connectivity index (χ1n) is 5.26. The third-order valence-electron chi connectivity index (χ3n) is 2.57. The zero-order valence-electron chi connectivity index (χ0n) is 9.78. The molecule has 8 heteroatoms. The number of hydrogen-bond acceptors (Lipinski definition) is 3. The van der Waals surface area contributed by atoms with Crippen LogP contribution >= 0.6 is 0 Å². The molecule has 2 rings (SSSR count). The molecule has 0 heterocycles. The number of anilines is 4. The molecule has 0 unspecified atom stereocenters. The second-order valence-electron chi connectivity index (χ2n) is 3.91. The summed E-state index contributed by atoms with van der Waals surface area (Å²) < 4.78 is 65.7. The monoisotopic (exact) mass is 289 g/mol. The van der Waals surface area contributed by atoms with Crippen molar-refractivity contribution in [3.8, 4) is 0 Å². The van der Waals surface area contributed by atoms with Crippen molar-refractivity contribution in [1.82, 2.24) is 0 Å².